The Morgan fingerprint density at radius 3 is 2.92 bits per heavy atom. The number of aromatic nitrogens is 1. The van der Waals surface area contributed by atoms with E-state index in [4.69, 9.17) is 9.52 Å². The van der Waals surface area contributed by atoms with Crippen LogP contribution in [-0.4, -0.2) is 34.2 Å². The average molecular weight is 350 g/mol. The molecule has 1 aliphatic heterocycles. The zero-order valence-corrected chi connectivity index (χ0v) is 14.5. The lowest BCUT2D eigenvalue weighted by Crippen LogP contribution is -2.39. The van der Waals surface area contributed by atoms with Crippen LogP contribution < -0.4 is 0 Å². The zero-order chi connectivity index (χ0) is 17.8. The van der Waals surface area contributed by atoms with Crippen LogP contribution in [-0.2, 0) is 6.54 Å². The Morgan fingerprint density at radius 1 is 1.32 bits per heavy atom. The number of hydrogen-bond donors (Lipinski definition) is 1. The third-order valence-electron chi connectivity index (χ3n) is 4.85. The minimum atomic E-state index is -0.674. The van der Waals surface area contributed by atoms with Gasteiger partial charge in [-0.05, 0) is 51.3 Å². The molecule has 1 N–H and O–H groups in total. The third-order valence-corrected chi connectivity index (χ3v) is 4.85. The highest BCUT2D eigenvalue weighted by Crippen LogP contribution is 2.28. The lowest BCUT2D eigenvalue weighted by atomic mass is 9.98. The first kappa shape index (κ1) is 18.0. The Balaban J connectivity index is 1.77. The van der Waals surface area contributed by atoms with Crippen molar-refractivity contribution < 1.29 is 18.3 Å². The largest absolute Gasteiger partial charge is 0.441 e. The van der Waals surface area contributed by atoms with E-state index in [-0.39, 0.29) is 18.1 Å². The molecule has 2 heterocycles. The fraction of sp³-hybridized carbons (Fsp3) is 0.526. The second-order valence-electron chi connectivity index (χ2n) is 6.63. The highest BCUT2D eigenvalue weighted by atomic mass is 19.1. The Labute approximate surface area is 146 Å². The van der Waals surface area contributed by atoms with Crippen molar-refractivity contribution >= 4 is 0 Å². The number of piperidine rings is 1. The number of oxazole rings is 1. The summed E-state index contributed by atoms with van der Waals surface area (Å²) in [5, 5.41) is 9.08. The molecule has 0 bridgehead atoms. The molecular formula is C19H24F2N2O2. The van der Waals surface area contributed by atoms with E-state index in [0.717, 1.165) is 44.0 Å². The monoisotopic (exact) mass is 350 g/mol. The molecule has 1 aromatic carbocycles. The molecule has 0 unspecified atom stereocenters. The smallest absolute Gasteiger partial charge is 0.229 e. The van der Waals surface area contributed by atoms with Crippen LogP contribution in [0.25, 0.3) is 11.5 Å². The lowest BCUT2D eigenvalue weighted by Gasteiger charge is -2.35. The van der Waals surface area contributed by atoms with Crippen molar-refractivity contribution in [1.82, 2.24) is 9.88 Å². The van der Waals surface area contributed by atoms with Crippen LogP contribution in [0.15, 0.2) is 22.6 Å². The molecule has 25 heavy (non-hydrogen) atoms. The lowest BCUT2D eigenvalue weighted by molar-refractivity contribution is 0.122. The summed E-state index contributed by atoms with van der Waals surface area (Å²) in [6, 6.07) is 3.82. The maximum absolute atomic E-state index is 14.0. The molecule has 1 saturated heterocycles. The summed E-state index contributed by atoms with van der Waals surface area (Å²) in [5.74, 6) is -0.449. The van der Waals surface area contributed by atoms with Gasteiger partial charge < -0.3 is 9.52 Å². The number of rotatable bonds is 6. The van der Waals surface area contributed by atoms with Gasteiger partial charge in [0.15, 0.2) is 0 Å². The number of aliphatic hydroxyl groups excluding tert-OH is 1. The number of nitrogens with zero attached hydrogens (tertiary/aromatic N) is 2. The molecule has 136 valence electrons. The van der Waals surface area contributed by atoms with Crippen molar-refractivity contribution in [3.05, 3.63) is 41.3 Å². The van der Waals surface area contributed by atoms with Crippen LogP contribution in [0.3, 0.4) is 0 Å². The van der Waals surface area contributed by atoms with E-state index in [0.29, 0.717) is 18.3 Å². The van der Waals surface area contributed by atoms with Crippen molar-refractivity contribution in [2.45, 2.75) is 51.6 Å². The Bertz CT molecular complexity index is 717. The molecule has 2 aromatic rings. The highest BCUT2D eigenvalue weighted by molar-refractivity contribution is 5.54. The molecule has 1 aliphatic rings. The molecule has 0 spiro atoms. The van der Waals surface area contributed by atoms with Gasteiger partial charge in [0.05, 0.1) is 11.3 Å². The van der Waals surface area contributed by atoms with Crippen LogP contribution in [0.4, 0.5) is 8.78 Å². The molecule has 0 amide bonds. The van der Waals surface area contributed by atoms with E-state index in [1.807, 2.05) is 6.92 Å². The molecule has 4 nitrogen and oxygen atoms in total. The van der Waals surface area contributed by atoms with Gasteiger partial charge in [-0.25, -0.2) is 13.8 Å². The number of aryl methyl sites for hydroxylation is 1. The maximum atomic E-state index is 14.0. The molecule has 0 aliphatic carbocycles. The van der Waals surface area contributed by atoms with Crippen LogP contribution in [0, 0.1) is 18.6 Å². The first-order valence-corrected chi connectivity index (χ1v) is 8.85. The first-order chi connectivity index (χ1) is 12.1. The minimum Gasteiger partial charge on any atom is -0.441 e. The Morgan fingerprint density at radius 2 is 2.16 bits per heavy atom. The van der Waals surface area contributed by atoms with Crippen molar-refractivity contribution in [2.75, 3.05) is 13.2 Å². The molecule has 0 saturated carbocycles. The van der Waals surface area contributed by atoms with Gasteiger partial charge in [-0.15, -0.1) is 0 Å². The SMILES string of the molecule is Cc1oc(-c2ccc(F)cc2F)nc1CN1CCCC[C@H]1CCCO. The topological polar surface area (TPSA) is 49.5 Å². The van der Waals surface area contributed by atoms with Gasteiger partial charge in [-0.1, -0.05) is 6.42 Å². The van der Waals surface area contributed by atoms with E-state index in [9.17, 15) is 8.78 Å². The zero-order valence-electron chi connectivity index (χ0n) is 14.5. The summed E-state index contributed by atoms with van der Waals surface area (Å²) < 4.78 is 32.7. The number of halogens is 2. The van der Waals surface area contributed by atoms with Gasteiger partial charge in [-0.3, -0.25) is 4.90 Å². The average Bonchev–Trinajstić information content (AvgIpc) is 2.94. The second-order valence-corrected chi connectivity index (χ2v) is 6.63. The van der Waals surface area contributed by atoms with Gasteiger partial charge >= 0.3 is 0 Å². The quantitative estimate of drug-likeness (QED) is 0.854. The number of benzene rings is 1. The molecule has 1 atom stereocenters. The molecular weight excluding hydrogens is 326 g/mol. The van der Waals surface area contributed by atoms with Gasteiger partial charge in [0.2, 0.25) is 5.89 Å². The fourth-order valence-corrected chi connectivity index (χ4v) is 3.47. The van der Waals surface area contributed by atoms with Gasteiger partial charge in [0.25, 0.3) is 0 Å². The summed E-state index contributed by atoms with van der Waals surface area (Å²) in [4.78, 5) is 6.83. The van der Waals surface area contributed by atoms with Crippen molar-refractivity contribution in [3.63, 3.8) is 0 Å². The molecule has 3 rings (SSSR count). The standard InChI is InChI=1S/C19H24F2N2O2/c1-13-18(12-23-9-3-2-5-15(23)6-4-10-24)22-19(25-13)16-8-7-14(20)11-17(16)21/h7-8,11,15,24H,2-6,9-10,12H2,1H3/t15-/m0/s1. The van der Waals surface area contributed by atoms with Crippen LogP contribution in [0.2, 0.25) is 0 Å². The van der Waals surface area contributed by atoms with Crippen molar-refractivity contribution in [3.8, 4) is 11.5 Å². The Hall–Kier alpha value is -1.79. The molecule has 1 aromatic heterocycles. The van der Waals surface area contributed by atoms with Crippen LogP contribution in [0.1, 0.15) is 43.6 Å². The van der Waals surface area contributed by atoms with Gasteiger partial charge in [0.1, 0.15) is 17.4 Å². The van der Waals surface area contributed by atoms with Crippen molar-refractivity contribution in [2.24, 2.45) is 0 Å². The van der Waals surface area contributed by atoms with Crippen LogP contribution >= 0.6 is 0 Å². The third kappa shape index (κ3) is 4.25. The van der Waals surface area contributed by atoms with Crippen molar-refractivity contribution in [1.29, 1.82) is 0 Å². The summed E-state index contributed by atoms with van der Waals surface area (Å²) in [6.45, 7) is 3.66. The predicted octanol–water partition coefficient (Wildman–Crippen LogP) is 4.06. The van der Waals surface area contributed by atoms with E-state index in [1.54, 1.807) is 0 Å². The Kier molecular flexibility index (Phi) is 5.81. The van der Waals surface area contributed by atoms with Crippen LogP contribution in [0.5, 0.6) is 0 Å². The summed E-state index contributed by atoms with van der Waals surface area (Å²) >= 11 is 0. The number of aliphatic hydroxyl groups is 1. The summed E-state index contributed by atoms with van der Waals surface area (Å²) in [5.41, 5.74) is 0.959. The van der Waals surface area contributed by atoms with Gasteiger partial charge in [-0.2, -0.15) is 0 Å². The maximum Gasteiger partial charge on any atom is 0.229 e. The summed E-state index contributed by atoms with van der Waals surface area (Å²) in [7, 11) is 0. The fourth-order valence-electron chi connectivity index (χ4n) is 3.47. The van der Waals surface area contributed by atoms with E-state index in [1.165, 1.54) is 18.6 Å². The summed E-state index contributed by atoms with van der Waals surface area (Å²) in [6.07, 6.45) is 5.23. The second kappa shape index (κ2) is 8.06. The molecule has 0 radical (unpaired) electrons. The predicted molar refractivity (Wildman–Crippen MR) is 91.0 cm³/mol. The normalized spacial score (nSPS) is 18.6. The first-order valence-electron chi connectivity index (χ1n) is 8.85. The molecule has 6 heteroatoms. The van der Waals surface area contributed by atoms with E-state index in [2.05, 4.69) is 9.88 Å². The van der Waals surface area contributed by atoms with E-state index < -0.39 is 11.6 Å². The van der Waals surface area contributed by atoms with E-state index >= 15 is 0 Å². The minimum absolute atomic E-state index is 0.172. The molecule has 1 fully saturated rings. The number of hydrogen-bond acceptors (Lipinski definition) is 4. The highest BCUT2D eigenvalue weighted by Gasteiger charge is 2.24. The number of likely N-dealkylation sites (tertiary alicyclic amines) is 1. The van der Waals surface area contributed by atoms with Gasteiger partial charge in [0, 0.05) is 25.3 Å².